The van der Waals surface area contributed by atoms with Crippen LogP contribution < -0.4 is 5.32 Å². The largest absolute Gasteiger partial charge is 0.373 e. The molecule has 2 saturated heterocycles. The average molecular weight is 266 g/mol. The average Bonchev–Trinajstić information content (AvgIpc) is 3.14. The number of ether oxygens (including phenoxy) is 1. The smallest absolute Gasteiger partial charge is 0.245 e. The standard InChI is InChI=1S/C14H22N2O3/c1-9-2-5-11(19-9)8-16-7-6-12(17)15-13(14(16)18)10-3-4-10/h9-11,13H,2-8H2,1H3,(H,15,17). The third-order valence-electron chi connectivity index (χ3n) is 4.34. The number of rotatable bonds is 3. The normalized spacial score (nSPS) is 36.3. The molecule has 0 radical (unpaired) electrons. The van der Waals surface area contributed by atoms with E-state index in [1.165, 1.54) is 0 Å². The molecule has 106 valence electrons. The highest BCUT2D eigenvalue weighted by Gasteiger charge is 2.41. The predicted molar refractivity (Wildman–Crippen MR) is 69.4 cm³/mol. The molecular formula is C14H22N2O3. The molecule has 1 saturated carbocycles. The quantitative estimate of drug-likeness (QED) is 0.817. The predicted octanol–water partition coefficient (Wildman–Crippen LogP) is 0.681. The highest BCUT2D eigenvalue weighted by molar-refractivity contribution is 5.90. The molecule has 0 aromatic heterocycles. The van der Waals surface area contributed by atoms with Gasteiger partial charge in [-0.1, -0.05) is 0 Å². The molecule has 3 fully saturated rings. The van der Waals surface area contributed by atoms with Crippen molar-refractivity contribution < 1.29 is 14.3 Å². The van der Waals surface area contributed by atoms with Gasteiger partial charge in [0.2, 0.25) is 11.8 Å². The second-order valence-corrected chi connectivity index (χ2v) is 6.06. The Morgan fingerprint density at radius 1 is 1.26 bits per heavy atom. The molecule has 1 N–H and O–H groups in total. The van der Waals surface area contributed by atoms with Crippen molar-refractivity contribution >= 4 is 11.8 Å². The van der Waals surface area contributed by atoms with Gasteiger partial charge in [-0.25, -0.2) is 0 Å². The zero-order valence-electron chi connectivity index (χ0n) is 11.4. The summed E-state index contributed by atoms with van der Waals surface area (Å²) < 4.78 is 5.79. The van der Waals surface area contributed by atoms with E-state index in [9.17, 15) is 9.59 Å². The van der Waals surface area contributed by atoms with Crippen molar-refractivity contribution in [2.75, 3.05) is 13.1 Å². The van der Waals surface area contributed by atoms with Crippen LogP contribution in [0, 0.1) is 5.92 Å². The van der Waals surface area contributed by atoms with Crippen molar-refractivity contribution in [1.29, 1.82) is 0 Å². The van der Waals surface area contributed by atoms with Crippen LogP contribution in [0.25, 0.3) is 0 Å². The van der Waals surface area contributed by atoms with Crippen LogP contribution in [0.5, 0.6) is 0 Å². The molecule has 2 aliphatic heterocycles. The Bertz CT molecular complexity index is 381. The number of hydrogen-bond donors (Lipinski definition) is 1. The summed E-state index contributed by atoms with van der Waals surface area (Å²) >= 11 is 0. The van der Waals surface area contributed by atoms with Gasteiger partial charge in [0.1, 0.15) is 6.04 Å². The van der Waals surface area contributed by atoms with E-state index in [0.29, 0.717) is 31.5 Å². The lowest BCUT2D eigenvalue weighted by Gasteiger charge is -2.26. The molecule has 0 bridgehead atoms. The van der Waals surface area contributed by atoms with Crippen molar-refractivity contribution in [3.8, 4) is 0 Å². The van der Waals surface area contributed by atoms with E-state index in [2.05, 4.69) is 12.2 Å². The topological polar surface area (TPSA) is 58.6 Å². The Balaban J connectivity index is 1.65. The monoisotopic (exact) mass is 266 g/mol. The van der Waals surface area contributed by atoms with Gasteiger partial charge in [-0.2, -0.15) is 0 Å². The van der Waals surface area contributed by atoms with Gasteiger partial charge < -0.3 is 15.0 Å². The molecule has 3 aliphatic rings. The second kappa shape index (κ2) is 5.12. The molecule has 5 heteroatoms. The molecule has 5 nitrogen and oxygen atoms in total. The molecule has 3 rings (SSSR count). The molecule has 0 aromatic rings. The third kappa shape index (κ3) is 2.91. The van der Waals surface area contributed by atoms with Crippen LogP contribution in [0.2, 0.25) is 0 Å². The van der Waals surface area contributed by atoms with Crippen LogP contribution in [-0.2, 0) is 14.3 Å². The van der Waals surface area contributed by atoms with E-state index in [1.54, 1.807) is 0 Å². The number of carbonyl (C=O) groups excluding carboxylic acids is 2. The van der Waals surface area contributed by atoms with Crippen LogP contribution in [-0.4, -0.2) is 48.1 Å². The maximum atomic E-state index is 12.5. The highest BCUT2D eigenvalue weighted by atomic mass is 16.5. The van der Waals surface area contributed by atoms with E-state index in [-0.39, 0.29) is 24.0 Å². The van der Waals surface area contributed by atoms with E-state index in [4.69, 9.17) is 4.74 Å². The fourth-order valence-corrected chi connectivity index (χ4v) is 3.05. The second-order valence-electron chi connectivity index (χ2n) is 6.06. The molecule has 0 aromatic carbocycles. The zero-order valence-corrected chi connectivity index (χ0v) is 11.4. The lowest BCUT2D eigenvalue weighted by atomic mass is 10.1. The van der Waals surface area contributed by atoms with Crippen LogP contribution in [0.15, 0.2) is 0 Å². The Kier molecular flexibility index (Phi) is 3.48. The number of carbonyl (C=O) groups is 2. The van der Waals surface area contributed by atoms with Gasteiger partial charge in [-0.05, 0) is 38.5 Å². The highest BCUT2D eigenvalue weighted by Crippen LogP contribution is 2.34. The summed E-state index contributed by atoms with van der Waals surface area (Å²) in [5.74, 6) is 0.463. The number of nitrogens with zero attached hydrogens (tertiary/aromatic N) is 1. The Morgan fingerprint density at radius 3 is 2.68 bits per heavy atom. The molecule has 2 amide bonds. The lowest BCUT2D eigenvalue weighted by molar-refractivity contribution is -0.135. The summed E-state index contributed by atoms with van der Waals surface area (Å²) in [5.41, 5.74) is 0. The van der Waals surface area contributed by atoms with E-state index < -0.39 is 0 Å². The SMILES string of the molecule is CC1CCC(CN2CCC(=O)NC(C3CC3)C2=O)O1. The number of hydrogen-bond acceptors (Lipinski definition) is 3. The third-order valence-corrected chi connectivity index (χ3v) is 4.34. The van der Waals surface area contributed by atoms with Gasteiger partial charge in [0.25, 0.3) is 0 Å². The van der Waals surface area contributed by atoms with Crippen molar-refractivity contribution in [2.45, 2.75) is 57.3 Å². The summed E-state index contributed by atoms with van der Waals surface area (Å²) in [6, 6.07) is -0.283. The Labute approximate surface area is 113 Å². The molecule has 2 heterocycles. The first-order valence-electron chi connectivity index (χ1n) is 7.37. The first-order chi connectivity index (χ1) is 9.13. The molecule has 3 atom stereocenters. The first-order valence-corrected chi connectivity index (χ1v) is 7.37. The maximum Gasteiger partial charge on any atom is 0.245 e. The summed E-state index contributed by atoms with van der Waals surface area (Å²) in [4.78, 5) is 26.0. The minimum absolute atomic E-state index is 0.00783. The minimum Gasteiger partial charge on any atom is -0.373 e. The fourth-order valence-electron chi connectivity index (χ4n) is 3.05. The van der Waals surface area contributed by atoms with E-state index in [1.807, 2.05) is 4.90 Å². The van der Waals surface area contributed by atoms with Gasteiger partial charge in [-0.15, -0.1) is 0 Å². The summed E-state index contributed by atoms with van der Waals surface area (Å²) in [6.07, 6.45) is 5.05. The van der Waals surface area contributed by atoms with Crippen LogP contribution in [0.3, 0.4) is 0 Å². The van der Waals surface area contributed by atoms with Crippen LogP contribution in [0.4, 0.5) is 0 Å². The van der Waals surface area contributed by atoms with Crippen molar-refractivity contribution in [1.82, 2.24) is 10.2 Å². The lowest BCUT2D eigenvalue weighted by Crippen LogP contribution is -2.47. The fraction of sp³-hybridized carbons (Fsp3) is 0.857. The van der Waals surface area contributed by atoms with Crippen LogP contribution >= 0.6 is 0 Å². The van der Waals surface area contributed by atoms with E-state index in [0.717, 1.165) is 25.7 Å². The summed E-state index contributed by atoms with van der Waals surface area (Å²) in [7, 11) is 0. The summed E-state index contributed by atoms with van der Waals surface area (Å²) in [6.45, 7) is 3.24. The molecule has 0 spiro atoms. The summed E-state index contributed by atoms with van der Waals surface area (Å²) in [5, 5.41) is 2.88. The van der Waals surface area contributed by atoms with Crippen LogP contribution in [0.1, 0.15) is 39.0 Å². The van der Waals surface area contributed by atoms with Gasteiger partial charge in [0.05, 0.1) is 12.2 Å². The first kappa shape index (κ1) is 12.9. The molecular weight excluding hydrogens is 244 g/mol. The maximum absolute atomic E-state index is 12.5. The van der Waals surface area contributed by atoms with Gasteiger partial charge >= 0.3 is 0 Å². The molecule has 19 heavy (non-hydrogen) atoms. The number of amides is 2. The van der Waals surface area contributed by atoms with E-state index >= 15 is 0 Å². The van der Waals surface area contributed by atoms with Gasteiger partial charge in [0.15, 0.2) is 0 Å². The minimum atomic E-state index is -0.283. The number of nitrogens with one attached hydrogen (secondary N) is 1. The van der Waals surface area contributed by atoms with Crippen molar-refractivity contribution in [3.63, 3.8) is 0 Å². The molecule has 3 unspecified atom stereocenters. The molecule has 1 aliphatic carbocycles. The van der Waals surface area contributed by atoms with Crippen molar-refractivity contribution in [3.05, 3.63) is 0 Å². The Morgan fingerprint density at radius 2 is 2.05 bits per heavy atom. The Hall–Kier alpha value is -1.10. The van der Waals surface area contributed by atoms with Gasteiger partial charge in [0, 0.05) is 19.5 Å². The van der Waals surface area contributed by atoms with Gasteiger partial charge in [-0.3, -0.25) is 9.59 Å². The van der Waals surface area contributed by atoms with Crippen molar-refractivity contribution in [2.24, 2.45) is 5.92 Å². The zero-order chi connectivity index (χ0) is 13.4.